The maximum atomic E-state index is 11.7. The molecule has 0 atom stereocenters. The Labute approximate surface area is 120 Å². The highest BCUT2D eigenvalue weighted by Gasteiger charge is 2.20. The molecule has 1 aromatic carbocycles. The quantitative estimate of drug-likeness (QED) is 0.768. The van der Waals surface area contributed by atoms with E-state index in [1.165, 1.54) is 5.56 Å². The number of nitrogens with one attached hydrogen (secondary N) is 1. The Morgan fingerprint density at radius 2 is 1.80 bits per heavy atom. The fraction of sp³-hybridized carbons (Fsp3) is 0.500. The van der Waals surface area contributed by atoms with Crippen LogP contribution in [0.1, 0.15) is 45.1 Å². The molecule has 1 rings (SSSR count). The zero-order valence-electron chi connectivity index (χ0n) is 12.2. The first-order chi connectivity index (χ1) is 9.39. The van der Waals surface area contributed by atoms with E-state index in [1.54, 1.807) is 0 Å². The average molecular weight is 277 g/mol. The number of carbonyl (C=O) groups is 2. The van der Waals surface area contributed by atoms with Crippen LogP contribution < -0.4 is 5.32 Å². The second-order valence-corrected chi connectivity index (χ2v) is 5.66. The second-order valence-electron chi connectivity index (χ2n) is 5.66. The standard InChI is InChI=1S/C16H23NO3/c1-16(2,12-11-13-7-4-3-5-8-13)17-14(18)9-6-10-15(19)20/h3-5,7-8H,6,9-12H2,1-2H3,(H,17,18)(H,19,20). The molecular formula is C16H23NO3. The van der Waals surface area contributed by atoms with Gasteiger partial charge in [-0.05, 0) is 38.7 Å². The molecule has 0 saturated heterocycles. The predicted octanol–water partition coefficient (Wildman–Crippen LogP) is 2.77. The molecule has 0 spiro atoms. The Morgan fingerprint density at radius 1 is 1.15 bits per heavy atom. The number of carbonyl (C=O) groups excluding carboxylic acids is 1. The molecule has 110 valence electrons. The highest BCUT2D eigenvalue weighted by molar-refractivity contribution is 5.77. The minimum absolute atomic E-state index is 0.0395. The number of amides is 1. The lowest BCUT2D eigenvalue weighted by atomic mass is 9.95. The van der Waals surface area contributed by atoms with Crippen LogP contribution in [0.4, 0.5) is 0 Å². The molecule has 20 heavy (non-hydrogen) atoms. The molecule has 0 aliphatic carbocycles. The molecule has 0 unspecified atom stereocenters. The Hall–Kier alpha value is -1.84. The van der Waals surface area contributed by atoms with Gasteiger partial charge in [0, 0.05) is 18.4 Å². The summed E-state index contributed by atoms with van der Waals surface area (Å²) in [5, 5.41) is 11.5. The summed E-state index contributed by atoms with van der Waals surface area (Å²) in [7, 11) is 0. The summed E-state index contributed by atoms with van der Waals surface area (Å²) in [5.41, 5.74) is 0.969. The maximum Gasteiger partial charge on any atom is 0.303 e. The number of aryl methyl sites for hydroxylation is 1. The van der Waals surface area contributed by atoms with Crippen molar-refractivity contribution in [3.05, 3.63) is 35.9 Å². The van der Waals surface area contributed by atoms with Crippen LogP contribution in [-0.4, -0.2) is 22.5 Å². The lowest BCUT2D eigenvalue weighted by Crippen LogP contribution is -2.43. The molecule has 4 heteroatoms. The minimum atomic E-state index is -0.860. The number of aliphatic carboxylic acids is 1. The van der Waals surface area contributed by atoms with Crippen LogP contribution in [0.25, 0.3) is 0 Å². The fourth-order valence-electron chi connectivity index (χ4n) is 2.00. The van der Waals surface area contributed by atoms with Crippen LogP contribution in [-0.2, 0) is 16.0 Å². The van der Waals surface area contributed by atoms with Gasteiger partial charge in [0.25, 0.3) is 0 Å². The summed E-state index contributed by atoms with van der Waals surface area (Å²) in [4.78, 5) is 22.1. The van der Waals surface area contributed by atoms with E-state index in [4.69, 9.17) is 5.11 Å². The molecule has 4 nitrogen and oxygen atoms in total. The van der Waals surface area contributed by atoms with Crippen LogP contribution in [0.15, 0.2) is 30.3 Å². The van der Waals surface area contributed by atoms with Crippen LogP contribution in [0.3, 0.4) is 0 Å². The Morgan fingerprint density at radius 3 is 2.40 bits per heavy atom. The Kier molecular flexibility index (Phi) is 6.22. The average Bonchev–Trinajstić information content (AvgIpc) is 2.37. The first-order valence-corrected chi connectivity index (χ1v) is 6.96. The van der Waals surface area contributed by atoms with Gasteiger partial charge in [0.2, 0.25) is 5.91 Å². The number of hydrogen-bond acceptors (Lipinski definition) is 2. The molecule has 1 aromatic rings. The van der Waals surface area contributed by atoms with Crippen molar-refractivity contribution >= 4 is 11.9 Å². The van der Waals surface area contributed by atoms with Gasteiger partial charge in [-0.25, -0.2) is 0 Å². The van der Waals surface area contributed by atoms with Gasteiger partial charge >= 0.3 is 5.97 Å². The van der Waals surface area contributed by atoms with Crippen LogP contribution >= 0.6 is 0 Å². The minimum Gasteiger partial charge on any atom is -0.481 e. The SMILES string of the molecule is CC(C)(CCc1ccccc1)NC(=O)CCCC(=O)O. The van der Waals surface area contributed by atoms with Gasteiger partial charge in [0.15, 0.2) is 0 Å². The molecule has 0 heterocycles. The van der Waals surface area contributed by atoms with E-state index in [-0.39, 0.29) is 24.3 Å². The fourth-order valence-corrected chi connectivity index (χ4v) is 2.00. The van der Waals surface area contributed by atoms with Crippen LogP contribution in [0.5, 0.6) is 0 Å². The number of hydrogen-bond donors (Lipinski definition) is 2. The van der Waals surface area contributed by atoms with Gasteiger partial charge in [-0.15, -0.1) is 0 Å². The third-order valence-corrected chi connectivity index (χ3v) is 3.15. The number of benzene rings is 1. The smallest absolute Gasteiger partial charge is 0.303 e. The third-order valence-electron chi connectivity index (χ3n) is 3.15. The number of carboxylic acids is 1. The van der Waals surface area contributed by atoms with E-state index in [1.807, 2.05) is 32.0 Å². The molecule has 0 fully saturated rings. The number of carboxylic acid groups (broad SMARTS) is 1. The molecule has 0 radical (unpaired) electrons. The molecule has 2 N–H and O–H groups in total. The van der Waals surface area contributed by atoms with Gasteiger partial charge in [-0.2, -0.15) is 0 Å². The summed E-state index contributed by atoms with van der Waals surface area (Å²) in [6.45, 7) is 3.98. The lowest BCUT2D eigenvalue weighted by molar-refractivity contribution is -0.137. The van der Waals surface area contributed by atoms with Crippen molar-refractivity contribution in [2.45, 2.75) is 51.5 Å². The first kappa shape index (κ1) is 16.2. The highest BCUT2D eigenvalue weighted by atomic mass is 16.4. The van der Waals surface area contributed by atoms with Gasteiger partial charge in [0.05, 0.1) is 0 Å². The maximum absolute atomic E-state index is 11.7. The van der Waals surface area contributed by atoms with E-state index >= 15 is 0 Å². The van der Waals surface area contributed by atoms with Crippen molar-refractivity contribution in [1.82, 2.24) is 5.32 Å². The van der Waals surface area contributed by atoms with E-state index in [0.29, 0.717) is 6.42 Å². The molecule has 1 amide bonds. The van der Waals surface area contributed by atoms with Crippen LogP contribution in [0, 0.1) is 0 Å². The molecule has 0 aromatic heterocycles. The summed E-state index contributed by atoms with van der Waals surface area (Å²) >= 11 is 0. The zero-order chi connectivity index (χ0) is 15.0. The first-order valence-electron chi connectivity index (χ1n) is 6.96. The molecule has 0 aliphatic heterocycles. The van der Waals surface area contributed by atoms with E-state index < -0.39 is 5.97 Å². The molecule has 0 aliphatic rings. The third kappa shape index (κ3) is 6.92. The second kappa shape index (κ2) is 7.68. The summed E-state index contributed by atoms with van der Waals surface area (Å²) in [5.74, 6) is -0.939. The number of rotatable bonds is 8. The van der Waals surface area contributed by atoms with Gasteiger partial charge in [-0.3, -0.25) is 9.59 Å². The van der Waals surface area contributed by atoms with Crippen molar-refractivity contribution in [1.29, 1.82) is 0 Å². The van der Waals surface area contributed by atoms with Crippen molar-refractivity contribution < 1.29 is 14.7 Å². The largest absolute Gasteiger partial charge is 0.481 e. The van der Waals surface area contributed by atoms with Crippen molar-refractivity contribution in [3.63, 3.8) is 0 Å². The predicted molar refractivity (Wildman–Crippen MR) is 78.5 cm³/mol. The monoisotopic (exact) mass is 277 g/mol. The molecule has 0 bridgehead atoms. The van der Waals surface area contributed by atoms with Gasteiger partial charge < -0.3 is 10.4 Å². The van der Waals surface area contributed by atoms with E-state index in [9.17, 15) is 9.59 Å². The zero-order valence-corrected chi connectivity index (χ0v) is 12.2. The topological polar surface area (TPSA) is 66.4 Å². The summed E-state index contributed by atoms with van der Waals surface area (Å²) in [6.07, 6.45) is 2.44. The molecule has 0 saturated carbocycles. The van der Waals surface area contributed by atoms with Crippen LogP contribution in [0.2, 0.25) is 0 Å². The highest BCUT2D eigenvalue weighted by Crippen LogP contribution is 2.14. The normalized spacial score (nSPS) is 11.1. The van der Waals surface area contributed by atoms with Gasteiger partial charge in [0.1, 0.15) is 0 Å². The Bertz CT molecular complexity index is 440. The van der Waals surface area contributed by atoms with Crippen molar-refractivity contribution in [3.8, 4) is 0 Å². The summed E-state index contributed by atoms with van der Waals surface area (Å²) < 4.78 is 0. The van der Waals surface area contributed by atoms with Crippen molar-refractivity contribution in [2.75, 3.05) is 0 Å². The lowest BCUT2D eigenvalue weighted by Gasteiger charge is -2.26. The van der Waals surface area contributed by atoms with Gasteiger partial charge in [-0.1, -0.05) is 30.3 Å². The van der Waals surface area contributed by atoms with Crippen molar-refractivity contribution in [2.24, 2.45) is 0 Å². The van der Waals surface area contributed by atoms with E-state index in [0.717, 1.165) is 12.8 Å². The summed E-state index contributed by atoms with van der Waals surface area (Å²) in [6, 6.07) is 10.1. The van der Waals surface area contributed by atoms with E-state index in [2.05, 4.69) is 17.4 Å². The Balaban J connectivity index is 2.33. The molecular weight excluding hydrogens is 254 g/mol.